The van der Waals surface area contributed by atoms with E-state index in [1.54, 1.807) is 7.11 Å². The summed E-state index contributed by atoms with van der Waals surface area (Å²) < 4.78 is 13.2. The zero-order chi connectivity index (χ0) is 26.0. The van der Waals surface area contributed by atoms with Crippen LogP contribution in [0.15, 0.2) is 109 Å². The fourth-order valence-electron chi connectivity index (χ4n) is 5.52. The molecule has 0 fully saturated rings. The SMILES string of the molecule is COc1ccc2c(c1)[C@H](O[Si](c1ccccc1)(c1ccccc1)C(C)(C)C)[C@@H](c1ccccc1)NC2=O. The number of carbonyl (C=O) groups is 1. The minimum absolute atomic E-state index is 0.103. The monoisotopic (exact) mass is 507 g/mol. The first-order chi connectivity index (χ1) is 17.8. The number of rotatable bonds is 6. The van der Waals surface area contributed by atoms with Crippen molar-refractivity contribution in [1.29, 1.82) is 0 Å². The molecule has 1 heterocycles. The van der Waals surface area contributed by atoms with E-state index in [0.717, 1.165) is 11.1 Å². The predicted octanol–water partition coefficient (Wildman–Crippen LogP) is 5.80. The van der Waals surface area contributed by atoms with Gasteiger partial charge in [0.05, 0.1) is 19.3 Å². The summed E-state index contributed by atoms with van der Waals surface area (Å²) in [4.78, 5) is 13.3. The van der Waals surface area contributed by atoms with E-state index in [4.69, 9.17) is 9.16 Å². The number of carbonyl (C=O) groups excluding carboxylic acids is 1. The molecule has 5 rings (SSSR count). The first kappa shape index (κ1) is 25.0. The van der Waals surface area contributed by atoms with Crippen molar-refractivity contribution in [2.75, 3.05) is 7.11 Å². The minimum Gasteiger partial charge on any atom is -0.497 e. The molecule has 4 aromatic carbocycles. The lowest BCUT2D eigenvalue weighted by Gasteiger charge is -2.47. The van der Waals surface area contributed by atoms with E-state index in [2.05, 4.69) is 86.8 Å². The summed E-state index contributed by atoms with van der Waals surface area (Å²) in [6.07, 6.45) is -0.420. The Kier molecular flexibility index (Phi) is 6.76. The second-order valence-electron chi connectivity index (χ2n) is 10.5. The molecule has 4 nitrogen and oxygen atoms in total. The molecule has 1 amide bonds. The van der Waals surface area contributed by atoms with Crippen LogP contribution < -0.4 is 20.4 Å². The lowest BCUT2D eigenvalue weighted by atomic mass is 9.88. The van der Waals surface area contributed by atoms with Crippen molar-refractivity contribution >= 4 is 24.6 Å². The third kappa shape index (κ3) is 4.50. The summed E-state index contributed by atoms with van der Waals surface area (Å²) >= 11 is 0. The van der Waals surface area contributed by atoms with Gasteiger partial charge in [0.2, 0.25) is 0 Å². The molecule has 4 aromatic rings. The molecule has 0 aliphatic carbocycles. The molecule has 1 N–H and O–H groups in total. The van der Waals surface area contributed by atoms with Gasteiger partial charge in [-0.05, 0) is 44.7 Å². The van der Waals surface area contributed by atoms with Crippen molar-refractivity contribution in [2.24, 2.45) is 0 Å². The Labute approximate surface area is 220 Å². The fourth-order valence-corrected chi connectivity index (χ4v) is 10.2. The van der Waals surface area contributed by atoms with Gasteiger partial charge in [0.25, 0.3) is 14.2 Å². The number of methoxy groups -OCH3 is 1. The number of ether oxygens (including phenoxy) is 1. The van der Waals surface area contributed by atoms with Gasteiger partial charge >= 0.3 is 0 Å². The molecule has 0 spiro atoms. The normalized spacial score (nSPS) is 17.6. The summed E-state index contributed by atoms with van der Waals surface area (Å²) in [6.45, 7) is 6.81. The topological polar surface area (TPSA) is 47.6 Å². The second-order valence-corrected chi connectivity index (χ2v) is 14.8. The van der Waals surface area contributed by atoms with Gasteiger partial charge in [-0.25, -0.2) is 0 Å². The molecule has 5 heteroatoms. The molecule has 0 unspecified atom stereocenters. The number of nitrogens with one attached hydrogen (secondary N) is 1. The summed E-state index contributed by atoms with van der Waals surface area (Å²) in [5.41, 5.74) is 2.48. The maximum Gasteiger partial charge on any atom is 0.262 e. The smallest absolute Gasteiger partial charge is 0.262 e. The lowest BCUT2D eigenvalue weighted by Crippen LogP contribution is -2.67. The van der Waals surface area contributed by atoms with Crippen molar-refractivity contribution in [2.45, 2.75) is 38.0 Å². The van der Waals surface area contributed by atoms with Crippen LogP contribution in [0.5, 0.6) is 5.75 Å². The molecule has 1 aliphatic heterocycles. The van der Waals surface area contributed by atoms with Crippen molar-refractivity contribution in [3.05, 3.63) is 126 Å². The molecule has 0 radical (unpaired) electrons. The number of benzene rings is 4. The molecule has 0 bridgehead atoms. The van der Waals surface area contributed by atoms with Crippen LogP contribution in [0.1, 0.15) is 54.4 Å². The maximum atomic E-state index is 13.3. The average molecular weight is 508 g/mol. The van der Waals surface area contributed by atoms with Crippen LogP contribution in [-0.2, 0) is 4.43 Å². The Hall–Kier alpha value is -3.67. The molecular formula is C32H33NO3Si. The highest BCUT2D eigenvalue weighted by Crippen LogP contribution is 2.46. The van der Waals surface area contributed by atoms with Crippen molar-refractivity contribution < 1.29 is 14.0 Å². The van der Waals surface area contributed by atoms with Gasteiger partial charge in [0.15, 0.2) is 0 Å². The largest absolute Gasteiger partial charge is 0.497 e. The first-order valence-electron chi connectivity index (χ1n) is 12.7. The van der Waals surface area contributed by atoms with E-state index in [-0.39, 0.29) is 17.0 Å². The van der Waals surface area contributed by atoms with Gasteiger partial charge in [-0.15, -0.1) is 0 Å². The zero-order valence-corrected chi connectivity index (χ0v) is 22.8. The summed E-state index contributed by atoms with van der Waals surface area (Å²) in [6, 6.07) is 36.6. The van der Waals surface area contributed by atoms with Gasteiger partial charge in [0, 0.05) is 5.56 Å². The van der Waals surface area contributed by atoms with Crippen molar-refractivity contribution in [1.82, 2.24) is 5.32 Å². The molecule has 0 saturated heterocycles. The highest BCUT2D eigenvalue weighted by Gasteiger charge is 2.53. The third-order valence-corrected chi connectivity index (χ3v) is 12.3. The van der Waals surface area contributed by atoms with Crippen LogP contribution in [0.3, 0.4) is 0 Å². The Balaban J connectivity index is 1.78. The van der Waals surface area contributed by atoms with Crippen molar-refractivity contribution in [3.8, 4) is 5.75 Å². The fraction of sp³-hybridized carbons (Fsp3) is 0.219. The van der Waals surface area contributed by atoms with Crippen LogP contribution in [0.25, 0.3) is 0 Å². The van der Waals surface area contributed by atoms with Crippen LogP contribution in [0, 0.1) is 0 Å². The molecular weight excluding hydrogens is 474 g/mol. The molecule has 37 heavy (non-hydrogen) atoms. The van der Waals surface area contributed by atoms with Crippen LogP contribution >= 0.6 is 0 Å². The molecule has 0 saturated carbocycles. The molecule has 0 aromatic heterocycles. The van der Waals surface area contributed by atoms with Crippen LogP contribution in [0.4, 0.5) is 0 Å². The van der Waals surface area contributed by atoms with Gasteiger partial charge in [-0.2, -0.15) is 0 Å². The zero-order valence-electron chi connectivity index (χ0n) is 21.8. The summed E-state index contributed by atoms with van der Waals surface area (Å²) in [7, 11) is -1.27. The predicted molar refractivity (Wildman–Crippen MR) is 151 cm³/mol. The summed E-state index contributed by atoms with van der Waals surface area (Å²) in [5, 5.41) is 5.45. The van der Waals surface area contributed by atoms with Crippen LogP contribution in [0.2, 0.25) is 5.04 Å². The number of hydrogen-bond acceptors (Lipinski definition) is 3. The third-order valence-electron chi connectivity index (χ3n) is 7.28. The van der Waals surface area contributed by atoms with Gasteiger partial charge in [-0.3, -0.25) is 4.79 Å². The minimum atomic E-state index is -2.92. The Morgan fingerprint density at radius 1 is 0.757 bits per heavy atom. The summed E-state index contributed by atoms with van der Waals surface area (Å²) in [5.74, 6) is 0.602. The van der Waals surface area contributed by atoms with E-state index in [1.165, 1.54) is 10.4 Å². The Morgan fingerprint density at radius 2 is 1.30 bits per heavy atom. The van der Waals surface area contributed by atoms with E-state index < -0.39 is 14.4 Å². The van der Waals surface area contributed by atoms with E-state index in [0.29, 0.717) is 11.3 Å². The average Bonchev–Trinajstić information content (AvgIpc) is 2.93. The van der Waals surface area contributed by atoms with E-state index >= 15 is 0 Å². The standard InChI is InChI=1S/C32H33NO3Si/c1-32(2,3)37(25-16-10-6-11-17-25,26-18-12-7-13-19-26)36-30-28-22-24(35-4)20-21-27(28)31(34)33-29(30)23-14-8-5-9-15-23/h5-22,29-30H,1-4H3,(H,33,34)/t29-,30+/m1/s1. The van der Waals surface area contributed by atoms with E-state index in [9.17, 15) is 4.79 Å². The highest BCUT2D eigenvalue weighted by molar-refractivity contribution is 6.99. The molecule has 1 aliphatic rings. The van der Waals surface area contributed by atoms with Crippen molar-refractivity contribution in [3.63, 3.8) is 0 Å². The van der Waals surface area contributed by atoms with E-state index in [1.807, 2.05) is 48.5 Å². The Bertz CT molecular complexity index is 1330. The molecule has 2 atom stereocenters. The van der Waals surface area contributed by atoms with Gasteiger partial charge in [0.1, 0.15) is 5.75 Å². The number of amides is 1. The Morgan fingerprint density at radius 3 is 1.81 bits per heavy atom. The first-order valence-corrected chi connectivity index (χ1v) is 14.6. The highest BCUT2D eigenvalue weighted by atomic mass is 28.4. The second kappa shape index (κ2) is 10.00. The quantitative estimate of drug-likeness (QED) is 0.336. The van der Waals surface area contributed by atoms with Crippen LogP contribution in [-0.4, -0.2) is 21.3 Å². The number of fused-ring (bicyclic) bond motifs is 1. The maximum absolute atomic E-state index is 13.3. The number of hydrogen-bond donors (Lipinski definition) is 1. The van der Waals surface area contributed by atoms with Gasteiger partial charge < -0.3 is 14.5 Å². The van der Waals surface area contributed by atoms with Gasteiger partial charge in [-0.1, -0.05) is 112 Å². The lowest BCUT2D eigenvalue weighted by molar-refractivity contribution is 0.0796. The molecule has 188 valence electrons.